The van der Waals surface area contributed by atoms with Gasteiger partial charge in [0.15, 0.2) is 17.5 Å². The molecule has 1 aromatic heterocycles. The predicted octanol–water partition coefficient (Wildman–Crippen LogP) is 3.10. The van der Waals surface area contributed by atoms with Gasteiger partial charge in [-0.3, -0.25) is 0 Å². The molecule has 0 saturated heterocycles. The number of aliphatic imine (C=N–C) groups is 1. The van der Waals surface area contributed by atoms with Gasteiger partial charge in [0, 0.05) is 24.2 Å². The van der Waals surface area contributed by atoms with Crippen molar-refractivity contribution in [3.05, 3.63) is 39.8 Å². The van der Waals surface area contributed by atoms with Crippen LogP contribution in [-0.4, -0.2) is 30.8 Å². The SMILES string of the molecule is CCNC(=NCc1ncc(C)s1)NCCc1ccc2c(c1)OCO2.I. The second-order valence-corrected chi connectivity index (χ2v) is 6.74. The van der Waals surface area contributed by atoms with Gasteiger partial charge in [-0.25, -0.2) is 9.98 Å². The molecule has 6 nitrogen and oxygen atoms in total. The molecule has 3 rings (SSSR count). The molecule has 0 unspecified atom stereocenters. The number of aromatic nitrogens is 1. The number of thiazole rings is 1. The number of halogens is 1. The van der Waals surface area contributed by atoms with Crippen molar-refractivity contribution in [2.24, 2.45) is 4.99 Å². The predicted molar refractivity (Wildman–Crippen MR) is 111 cm³/mol. The molecule has 0 spiro atoms. The lowest BCUT2D eigenvalue weighted by molar-refractivity contribution is 0.174. The third kappa shape index (κ3) is 5.74. The van der Waals surface area contributed by atoms with Crippen molar-refractivity contribution in [3.8, 4) is 11.5 Å². The maximum Gasteiger partial charge on any atom is 0.231 e. The molecule has 0 aliphatic carbocycles. The summed E-state index contributed by atoms with van der Waals surface area (Å²) in [6.45, 7) is 6.64. The van der Waals surface area contributed by atoms with Crippen molar-refractivity contribution in [1.29, 1.82) is 0 Å². The van der Waals surface area contributed by atoms with Crippen LogP contribution in [0.5, 0.6) is 11.5 Å². The van der Waals surface area contributed by atoms with Gasteiger partial charge in [0.05, 0.1) is 6.54 Å². The Kier molecular flexibility index (Phi) is 7.76. The van der Waals surface area contributed by atoms with E-state index in [0.29, 0.717) is 13.3 Å². The molecule has 136 valence electrons. The Labute approximate surface area is 169 Å². The Morgan fingerprint density at radius 1 is 1.28 bits per heavy atom. The Bertz CT molecular complexity index is 720. The van der Waals surface area contributed by atoms with Crippen LogP contribution in [0, 0.1) is 6.92 Å². The van der Waals surface area contributed by atoms with E-state index in [9.17, 15) is 0 Å². The van der Waals surface area contributed by atoms with Gasteiger partial charge in [-0.15, -0.1) is 35.3 Å². The third-order valence-electron chi connectivity index (χ3n) is 3.53. The van der Waals surface area contributed by atoms with Crippen LogP contribution in [0.1, 0.15) is 22.4 Å². The van der Waals surface area contributed by atoms with Crippen molar-refractivity contribution in [1.82, 2.24) is 15.6 Å². The lowest BCUT2D eigenvalue weighted by Gasteiger charge is -2.11. The maximum absolute atomic E-state index is 5.41. The van der Waals surface area contributed by atoms with Crippen molar-refractivity contribution in [2.75, 3.05) is 19.9 Å². The number of benzene rings is 1. The molecule has 0 atom stereocenters. The van der Waals surface area contributed by atoms with E-state index in [0.717, 1.165) is 42.0 Å². The standard InChI is InChI=1S/C17H22N4O2S.HI/c1-3-18-17(21-10-16-20-9-12(2)24-16)19-7-6-13-4-5-14-15(8-13)23-11-22-14;/h4-5,8-9H,3,6-7,10-11H2,1-2H3,(H2,18,19,21);1H. The van der Waals surface area contributed by atoms with Crippen LogP contribution in [0.3, 0.4) is 0 Å². The number of ether oxygens (including phenoxy) is 2. The number of hydrogen-bond donors (Lipinski definition) is 2. The first-order chi connectivity index (χ1) is 11.7. The number of hydrogen-bond acceptors (Lipinski definition) is 5. The second-order valence-electron chi connectivity index (χ2n) is 5.42. The van der Waals surface area contributed by atoms with Crippen molar-refractivity contribution >= 4 is 41.3 Å². The summed E-state index contributed by atoms with van der Waals surface area (Å²) < 4.78 is 10.7. The molecule has 2 heterocycles. The number of rotatable bonds is 6. The Hall–Kier alpha value is -1.55. The fourth-order valence-electron chi connectivity index (χ4n) is 2.38. The zero-order valence-corrected chi connectivity index (χ0v) is 17.5. The molecule has 1 aliphatic heterocycles. The summed E-state index contributed by atoms with van der Waals surface area (Å²) in [6.07, 6.45) is 2.77. The average Bonchev–Trinajstić information content (AvgIpc) is 3.20. The molecule has 1 aromatic carbocycles. The first kappa shape index (κ1) is 19.8. The molecule has 0 bridgehead atoms. The minimum absolute atomic E-state index is 0. The molecule has 25 heavy (non-hydrogen) atoms. The van der Waals surface area contributed by atoms with E-state index in [1.807, 2.05) is 18.3 Å². The number of aryl methyl sites for hydroxylation is 1. The molecule has 0 fully saturated rings. The van der Waals surface area contributed by atoms with Gasteiger partial charge >= 0.3 is 0 Å². The molecule has 0 saturated carbocycles. The number of fused-ring (bicyclic) bond motifs is 1. The maximum atomic E-state index is 5.41. The number of guanidine groups is 1. The zero-order chi connectivity index (χ0) is 16.8. The molecule has 0 radical (unpaired) electrons. The van der Waals surface area contributed by atoms with Crippen LogP contribution in [-0.2, 0) is 13.0 Å². The molecule has 1 aliphatic rings. The lowest BCUT2D eigenvalue weighted by Crippen LogP contribution is -2.38. The van der Waals surface area contributed by atoms with E-state index in [1.54, 1.807) is 11.3 Å². The largest absolute Gasteiger partial charge is 0.454 e. The van der Waals surface area contributed by atoms with E-state index in [-0.39, 0.29) is 24.0 Å². The third-order valence-corrected chi connectivity index (χ3v) is 4.43. The summed E-state index contributed by atoms with van der Waals surface area (Å²) in [7, 11) is 0. The van der Waals surface area contributed by atoms with Crippen molar-refractivity contribution in [2.45, 2.75) is 26.8 Å². The molecule has 8 heteroatoms. The lowest BCUT2D eigenvalue weighted by atomic mass is 10.1. The zero-order valence-electron chi connectivity index (χ0n) is 14.4. The average molecular weight is 474 g/mol. The molecular formula is C17H23IN4O2S. The summed E-state index contributed by atoms with van der Waals surface area (Å²) in [5, 5.41) is 7.64. The van der Waals surface area contributed by atoms with E-state index in [1.165, 1.54) is 10.4 Å². The van der Waals surface area contributed by atoms with Crippen LogP contribution >= 0.6 is 35.3 Å². The van der Waals surface area contributed by atoms with Crippen LogP contribution in [0.15, 0.2) is 29.4 Å². The first-order valence-corrected chi connectivity index (χ1v) is 8.88. The van der Waals surface area contributed by atoms with Gasteiger partial charge in [-0.05, 0) is 38.0 Å². The second kappa shape index (κ2) is 9.81. The van der Waals surface area contributed by atoms with Crippen LogP contribution in [0.4, 0.5) is 0 Å². The highest BCUT2D eigenvalue weighted by Crippen LogP contribution is 2.32. The van der Waals surface area contributed by atoms with E-state index in [2.05, 4.69) is 40.5 Å². The van der Waals surface area contributed by atoms with Gasteiger partial charge in [0.2, 0.25) is 6.79 Å². The van der Waals surface area contributed by atoms with Gasteiger partial charge < -0.3 is 20.1 Å². The molecule has 0 amide bonds. The van der Waals surface area contributed by atoms with Crippen LogP contribution in [0.2, 0.25) is 0 Å². The van der Waals surface area contributed by atoms with E-state index >= 15 is 0 Å². The molecular weight excluding hydrogens is 451 g/mol. The fraction of sp³-hybridized carbons (Fsp3) is 0.412. The summed E-state index contributed by atoms with van der Waals surface area (Å²) in [5.41, 5.74) is 1.21. The van der Waals surface area contributed by atoms with Crippen LogP contribution < -0.4 is 20.1 Å². The first-order valence-electron chi connectivity index (χ1n) is 8.06. The van der Waals surface area contributed by atoms with Gasteiger partial charge in [0.1, 0.15) is 5.01 Å². The Morgan fingerprint density at radius 2 is 2.12 bits per heavy atom. The summed E-state index contributed by atoms with van der Waals surface area (Å²) in [6, 6.07) is 6.06. The number of nitrogens with one attached hydrogen (secondary N) is 2. The fourth-order valence-corrected chi connectivity index (χ4v) is 3.10. The van der Waals surface area contributed by atoms with Gasteiger partial charge in [-0.2, -0.15) is 0 Å². The summed E-state index contributed by atoms with van der Waals surface area (Å²) in [4.78, 5) is 10.1. The molecule has 2 N–H and O–H groups in total. The van der Waals surface area contributed by atoms with Crippen molar-refractivity contribution < 1.29 is 9.47 Å². The summed E-state index contributed by atoms with van der Waals surface area (Å²) >= 11 is 1.68. The Balaban J connectivity index is 0.00000225. The monoisotopic (exact) mass is 474 g/mol. The molecule has 2 aromatic rings. The minimum atomic E-state index is 0. The summed E-state index contributed by atoms with van der Waals surface area (Å²) in [5.74, 6) is 2.46. The van der Waals surface area contributed by atoms with E-state index in [4.69, 9.17) is 9.47 Å². The minimum Gasteiger partial charge on any atom is -0.454 e. The van der Waals surface area contributed by atoms with E-state index < -0.39 is 0 Å². The number of nitrogens with zero attached hydrogens (tertiary/aromatic N) is 2. The highest BCUT2D eigenvalue weighted by molar-refractivity contribution is 14.0. The Morgan fingerprint density at radius 3 is 2.88 bits per heavy atom. The van der Waals surface area contributed by atoms with Crippen molar-refractivity contribution in [3.63, 3.8) is 0 Å². The van der Waals surface area contributed by atoms with Crippen LogP contribution in [0.25, 0.3) is 0 Å². The highest BCUT2D eigenvalue weighted by atomic mass is 127. The quantitative estimate of drug-likeness (QED) is 0.383. The van der Waals surface area contributed by atoms with Gasteiger partial charge in [-0.1, -0.05) is 6.07 Å². The van der Waals surface area contributed by atoms with Gasteiger partial charge in [0.25, 0.3) is 0 Å². The highest BCUT2D eigenvalue weighted by Gasteiger charge is 2.12. The topological polar surface area (TPSA) is 67.8 Å². The normalized spacial score (nSPS) is 12.6. The smallest absolute Gasteiger partial charge is 0.231 e.